The highest BCUT2D eigenvalue weighted by molar-refractivity contribution is 7.81. The summed E-state index contributed by atoms with van der Waals surface area (Å²) in [6.07, 6.45) is 3.34. The topological polar surface area (TPSA) is 88.9 Å². The molecule has 0 unspecified atom stereocenters. The first-order valence-electron chi connectivity index (χ1n) is 9.51. The van der Waals surface area contributed by atoms with Crippen LogP contribution in [0.25, 0.3) is 11.1 Å². The van der Waals surface area contributed by atoms with Crippen LogP contribution < -0.4 is 4.74 Å². The molecule has 1 atom stereocenters. The molecule has 29 heavy (non-hydrogen) atoms. The van der Waals surface area contributed by atoms with E-state index in [2.05, 4.69) is 10.3 Å². The Balaban J connectivity index is 1.45. The molecule has 0 bridgehead atoms. The molecule has 1 aliphatic rings. The summed E-state index contributed by atoms with van der Waals surface area (Å²) in [7, 11) is -2.88. The van der Waals surface area contributed by atoms with E-state index in [1.807, 2.05) is 36.4 Å². The van der Waals surface area contributed by atoms with Crippen LogP contribution in [0, 0.1) is 11.3 Å². The Labute approximate surface area is 171 Å². The van der Waals surface area contributed by atoms with E-state index in [9.17, 15) is 8.42 Å². The van der Waals surface area contributed by atoms with Gasteiger partial charge in [0.1, 0.15) is 5.75 Å². The highest BCUT2D eigenvalue weighted by Crippen LogP contribution is 2.25. The van der Waals surface area contributed by atoms with Crippen molar-refractivity contribution in [2.45, 2.75) is 31.7 Å². The Morgan fingerprint density at radius 3 is 2.38 bits per heavy atom. The Kier molecular flexibility index (Phi) is 7.23. The van der Waals surface area contributed by atoms with Crippen LogP contribution in [0.3, 0.4) is 0 Å². The third-order valence-corrected chi connectivity index (χ3v) is 5.65. The fourth-order valence-corrected chi connectivity index (χ4v) is 3.82. The number of nitriles is 1. The third kappa shape index (κ3) is 6.02. The second kappa shape index (κ2) is 9.85. The molecule has 1 saturated heterocycles. The van der Waals surface area contributed by atoms with Gasteiger partial charge in [-0.15, -0.1) is 0 Å². The number of hydroxylamine groups is 2. The summed E-state index contributed by atoms with van der Waals surface area (Å²) in [6, 6.07) is 17.4. The van der Waals surface area contributed by atoms with Crippen LogP contribution in [0.5, 0.6) is 5.75 Å². The van der Waals surface area contributed by atoms with Gasteiger partial charge in [0.2, 0.25) is 0 Å². The van der Waals surface area contributed by atoms with Crippen LogP contribution in [-0.2, 0) is 18.9 Å². The molecule has 0 aliphatic carbocycles. The van der Waals surface area contributed by atoms with Gasteiger partial charge in [-0.05, 0) is 61.1 Å². The average Bonchev–Trinajstić information content (AvgIpc) is 3.18. The van der Waals surface area contributed by atoms with Gasteiger partial charge in [-0.25, -0.2) is 0 Å². The van der Waals surface area contributed by atoms with E-state index in [0.717, 1.165) is 49.7 Å². The number of nitrogens with zero attached hydrogens (tertiary/aromatic N) is 2. The number of benzene rings is 2. The summed E-state index contributed by atoms with van der Waals surface area (Å²) in [5, 5.41) is 10.4. The number of rotatable bonds is 9. The zero-order valence-corrected chi connectivity index (χ0v) is 17.1. The van der Waals surface area contributed by atoms with E-state index in [0.29, 0.717) is 18.7 Å². The molecule has 0 amide bonds. The van der Waals surface area contributed by atoms with Gasteiger partial charge in [0.05, 0.1) is 25.3 Å². The van der Waals surface area contributed by atoms with Gasteiger partial charge < -0.3 is 4.74 Å². The van der Waals surface area contributed by atoms with Crippen molar-refractivity contribution in [3.63, 3.8) is 0 Å². The molecule has 2 aromatic carbocycles. The van der Waals surface area contributed by atoms with Crippen molar-refractivity contribution >= 4 is 10.4 Å². The molecule has 0 radical (unpaired) electrons. The largest absolute Gasteiger partial charge is 0.494 e. The van der Waals surface area contributed by atoms with Crippen LogP contribution in [0.4, 0.5) is 0 Å². The van der Waals surface area contributed by atoms with Gasteiger partial charge in [-0.3, -0.25) is 4.18 Å². The molecule has 0 spiro atoms. The maximum Gasteiger partial charge on any atom is 0.416 e. The zero-order valence-electron chi connectivity index (χ0n) is 16.3. The molecule has 1 fully saturated rings. The van der Waals surface area contributed by atoms with Gasteiger partial charge in [-0.2, -0.15) is 23.0 Å². The molecule has 154 valence electrons. The highest BCUT2D eigenvalue weighted by atomic mass is 32.3. The van der Waals surface area contributed by atoms with E-state index >= 15 is 0 Å². The van der Waals surface area contributed by atoms with Gasteiger partial charge in [0, 0.05) is 12.6 Å². The van der Waals surface area contributed by atoms with Crippen molar-refractivity contribution in [1.82, 2.24) is 5.06 Å². The summed E-state index contributed by atoms with van der Waals surface area (Å²) in [4.78, 5) is 0. The molecule has 0 aromatic heterocycles. The van der Waals surface area contributed by atoms with Crippen molar-refractivity contribution < 1.29 is 21.6 Å². The van der Waals surface area contributed by atoms with Crippen molar-refractivity contribution in [3.05, 3.63) is 54.1 Å². The lowest BCUT2D eigenvalue weighted by molar-refractivity contribution is -0.0773. The van der Waals surface area contributed by atoms with Crippen LogP contribution in [0.15, 0.2) is 48.5 Å². The monoisotopic (exact) mass is 416 g/mol. The summed E-state index contributed by atoms with van der Waals surface area (Å²) >= 11 is 0. The summed E-state index contributed by atoms with van der Waals surface area (Å²) in [5.74, 6) is 0.781. The molecule has 1 aliphatic heterocycles. The Bertz CT molecular complexity index is 937. The van der Waals surface area contributed by atoms with Crippen LogP contribution in [-0.4, -0.2) is 39.8 Å². The smallest absolute Gasteiger partial charge is 0.416 e. The molecular weight excluding hydrogens is 392 g/mol. The minimum absolute atomic E-state index is 0.0438. The number of hydrogen-bond acceptors (Lipinski definition) is 7. The van der Waals surface area contributed by atoms with Gasteiger partial charge in [0.15, 0.2) is 0 Å². The fraction of sp³-hybridized carbons (Fsp3) is 0.381. The lowest BCUT2D eigenvalue weighted by atomic mass is 10.0. The molecular formula is C21H24N2O5S. The first-order chi connectivity index (χ1) is 14.0. The molecule has 0 saturated carbocycles. The summed E-state index contributed by atoms with van der Waals surface area (Å²) in [6.45, 7) is 1.11. The molecule has 3 rings (SSSR count). The average molecular weight is 416 g/mol. The Hall–Kier alpha value is -2.44. The van der Waals surface area contributed by atoms with Crippen molar-refractivity contribution in [2.75, 3.05) is 20.3 Å². The second-order valence-corrected chi connectivity index (χ2v) is 8.09. The van der Waals surface area contributed by atoms with Gasteiger partial charge in [-0.1, -0.05) is 24.3 Å². The highest BCUT2D eigenvalue weighted by Gasteiger charge is 2.29. The van der Waals surface area contributed by atoms with E-state index in [1.54, 1.807) is 12.1 Å². The maximum atomic E-state index is 11.5. The predicted molar refractivity (Wildman–Crippen MR) is 108 cm³/mol. The minimum Gasteiger partial charge on any atom is -0.494 e. The lowest BCUT2D eigenvalue weighted by Gasteiger charge is -2.22. The zero-order chi connectivity index (χ0) is 20.7. The second-order valence-electron chi connectivity index (χ2n) is 6.79. The molecule has 0 N–H and O–H groups in total. The summed E-state index contributed by atoms with van der Waals surface area (Å²) in [5.41, 5.74) is 2.74. The van der Waals surface area contributed by atoms with E-state index < -0.39 is 10.4 Å². The maximum absolute atomic E-state index is 11.5. The minimum atomic E-state index is -3.96. The number of hydrogen-bond donors (Lipinski definition) is 0. The first kappa shape index (κ1) is 21.3. The number of ether oxygens (including phenoxy) is 1. The molecule has 7 nitrogen and oxygen atoms in total. The van der Waals surface area contributed by atoms with Crippen LogP contribution in [0.1, 0.15) is 31.2 Å². The quantitative estimate of drug-likeness (QED) is 0.576. The van der Waals surface area contributed by atoms with Crippen molar-refractivity contribution in [2.24, 2.45) is 0 Å². The van der Waals surface area contributed by atoms with E-state index in [4.69, 9.17) is 14.3 Å². The van der Waals surface area contributed by atoms with E-state index in [1.165, 1.54) is 5.06 Å². The summed E-state index contributed by atoms with van der Waals surface area (Å²) < 4.78 is 38.0. The van der Waals surface area contributed by atoms with Crippen LogP contribution in [0.2, 0.25) is 0 Å². The third-order valence-electron chi connectivity index (χ3n) is 4.87. The Morgan fingerprint density at radius 1 is 1.10 bits per heavy atom. The predicted octanol–water partition coefficient (Wildman–Crippen LogP) is 3.67. The van der Waals surface area contributed by atoms with Crippen molar-refractivity contribution in [1.29, 1.82) is 5.26 Å². The standard InChI is InChI=1S/C21H24N2O5S/c1-26-29(24,25)28-23-14-2-4-20(23)5-3-15-27-21-12-10-19(11-13-21)18-8-6-17(16-22)7-9-18/h6-13,20H,2-5,14-15H2,1H3/t20-/m1/s1. The van der Waals surface area contributed by atoms with Gasteiger partial charge >= 0.3 is 10.4 Å². The normalized spacial score (nSPS) is 17.2. The van der Waals surface area contributed by atoms with E-state index in [-0.39, 0.29) is 6.04 Å². The van der Waals surface area contributed by atoms with Crippen LogP contribution >= 0.6 is 0 Å². The fourth-order valence-electron chi connectivity index (χ4n) is 3.33. The Morgan fingerprint density at radius 2 is 1.76 bits per heavy atom. The first-order valence-corrected chi connectivity index (χ1v) is 10.8. The SMILES string of the molecule is COS(=O)(=O)ON1CCC[C@@H]1CCCOc1ccc(-c2ccc(C#N)cc2)cc1. The molecule has 8 heteroatoms. The lowest BCUT2D eigenvalue weighted by Crippen LogP contribution is -2.32. The van der Waals surface area contributed by atoms with Crippen molar-refractivity contribution in [3.8, 4) is 22.9 Å². The molecule has 2 aromatic rings. The molecule has 1 heterocycles. The van der Waals surface area contributed by atoms with Gasteiger partial charge in [0.25, 0.3) is 0 Å².